The van der Waals surface area contributed by atoms with E-state index in [0.29, 0.717) is 11.4 Å². The molecule has 0 bridgehead atoms. The van der Waals surface area contributed by atoms with E-state index in [0.717, 1.165) is 29.9 Å². The van der Waals surface area contributed by atoms with Gasteiger partial charge in [0.25, 0.3) is 0 Å². The third kappa shape index (κ3) is 4.40. The van der Waals surface area contributed by atoms with E-state index in [-0.39, 0.29) is 17.6 Å². The molecule has 0 spiro atoms. The molecule has 4 rings (SSSR count). The molecule has 0 fully saturated rings. The maximum Gasteiger partial charge on any atom is 0.234 e. The van der Waals surface area contributed by atoms with Crippen molar-refractivity contribution in [1.29, 1.82) is 0 Å². The Hall–Kier alpha value is -3.33. The van der Waals surface area contributed by atoms with Crippen LogP contribution in [0.2, 0.25) is 0 Å². The Labute approximate surface area is 172 Å². The van der Waals surface area contributed by atoms with Crippen molar-refractivity contribution in [2.75, 3.05) is 27.8 Å². The van der Waals surface area contributed by atoms with Gasteiger partial charge in [0, 0.05) is 37.1 Å². The van der Waals surface area contributed by atoms with Gasteiger partial charge in [0.05, 0.1) is 5.75 Å². The summed E-state index contributed by atoms with van der Waals surface area (Å²) in [6.07, 6.45) is 0. The molecule has 0 aliphatic carbocycles. The number of thioether (sulfide) groups is 1. The second-order valence-corrected chi connectivity index (χ2v) is 7.46. The summed E-state index contributed by atoms with van der Waals surface area (Å²) in [5.74, 6) is 0.770. The van der Waals surface area contributed by atoms with Crippen molar-refractivity contribution in [2.24, 2.45) is 0 Å². The monoisotopic (exact) mass is 408 g/mol. The van der Waals surface area contributed by atoms with Gasteiger partial charge in [0.15, 0.2) is 5.16 Å². The molecular formula is C20H20N6O2S. The van der Waals surface area contributed by atoms with Crippen LogP contribution in [0.25, 0.3) is 0 Å². The minimum Gasteiger partial charge on any atom is -0.326 e. The average Bonchev–Trinajstić information content (AvgIpc) is 3.30. The summed E-state index contributed by atoms with van der Waals surface area (Å²) in [6, 6.07) is 17.1. The highest BCUT2D eigenvalue weighted by Gasteiger charge is 2.26. The minimum atomic E-state index is -0.134. The fourth-order valence-corrected chi connectivity index (χ4v) is 3.86. The van der Waals surface area contributed by atoms with Crippen molar-refractivity contribution in [1.82, 2.24) is 14.8 Å². The molecule has 1 aliphatic rings. The fourth-order valence-electron chi connectivity index (χ4n) is 3.10. The highest BCUT2D eigenvalue weighted by molar-refractivity contribution is 7.99. The first kappa shape index (κ1) is 19.0. The van der Waals surface area contributed by atoms with Crippen LogP contribution in [0.1, 0.15) is 6.92 Å². The van der Waals surface area contributed by atoms with Crippen molar-refractivity contribution in [3.05, 3.63) is 54.6 Å². The van der Waals surface area contributed by atoms with Crippen molar-refractivity contribution < 1.29 is 9.59 Å². The summed E-state index contributed by atoms with van der Waals surface area (Å²) < 4.78 is 2.03. The number of nitrogens with zero attached hydrogens (tertiary/aromatic N) is 4. The minimum absolute atomic E-state index is 0.127. The molecule has 2 aromatic carbocycles. The number of rotatable bonds is 6. The lowest BCUT2D eigenvalue weighted by molar-refractivity contribution is -0.114. The Morgan fingerprint density at radius 3 is 2.34 bits per heavy atom. The Morgan fingerprint density at radius 1 is 0.966 bits per heavy atom. The molecule has 29 heavy (non-hydrogen) atoms. The first-order chi connectivity index (χ1) is 14.1. The zero-order valence-corrected chi connectivity index (χ0v) is 16.6. The predicted molar refractivity (Wildman–Crippen MR) is 114 cm³/mol. The molecule has 148 valence electrons. The van der Waals surface area contributed by atoms with E-state index in [2.05, 4.69) is 25.7 Å². The summed E-state index contributed by atoms with van der Waals surface area (Å²) in [5, 5.41) is 14.8. The number of anilines is 4. The number of hydrogen-bond donors (Lipinski definition) is 2. The Balaban J connectivity index is 1.34. The summed E-state index contributed by atoms with van der Waals surface area (Å²) in [6.45, 7) is 3.06. The molecule has 0 radical (unpaired) electrons. The lowest BCUT2D eigenvalue weighted by Gasteiger charge is -2.14. The Morgan fingerprint density at radius 2 is 1.66 bits per heavy atom. The summed E-state index contributed by atoms with van der Waals surface area (Å²) in [5.41, 5.74) is 2.44. The van der Waals surface area contributed by atoms with Crippen molar-refractivity contribution >= 4 is 46.6 Å². The van der Waals surface area contributed by atoms with E-state index in [1.165, 1.54) is 18.7 Å². The van der Waals surface area contributed by atoms with Crippen LogP contribution in [0, 0.1) is 0 Å². The van der Waals surface area contributed by atoms with Crippen molar-refractivity contribution in [2.45, 2.75) is 18.6 Å². The molecule has 0 atom stereocenters. The molecule has 0 unspecified atom stereocenters. The Bertz CT molecular complexity index is 1020. The SMILES string of the molecule is CC(=O)Nc1ccc(NC(=O)CSc2nnc3n2CCN3c2ccccc2)cc1. The number of amides is 2. The van der Waals surface area contributed by atoms with E-state index in [9.17, 15) is 9.59 Å². The van der Waals surface area contributed by atoms with Crippen LogP contribution in [0.5, 0.6) is 0 Å². The number of para-hydroxylation sites is 1. The second-order valence-electron chi connectivity index (χ2n) is 6.52. The number of nitrogens with one attached hydrogen (secondary N) is 2. The second kappa shape index (κ2) is 8.36. The van der Waals surface area contributed by atoms with Gasteiger partial charge < -0.3 is 15.5 Å². The highest BCUT2D eigenvalue weighted by atomic mass is 32.2. The summed E-state index contributed by atoms with van der Waals surface area (Å²) >= 11 is 1.36. The van der Waals surface area contributed by atoms with Gasteiger partial charge in [-0.25, -0.2) is 0 Å². The van der Waals surface area contributed by atoms with Crippen LogP contribution in [0.4, 0.5) is 23.0 Å². The molecule has 1 aromatic heterocycles. The first-order valence-electron chi connectivity index (χ1n) is 9.16. The third-order valence-electron chi connectivity index (χ3n) is 4.38. The van der Waals surface area contributed by atoms with Gasteiger partial charge in [-0.2, -0.15) is 0 Å². The molecular weight excluding hydrogens is 388 g/mol. The first-order valence-corrected chi connectivity index (χ1v) is 10.1. The van der Waals surface area contributed by atoms with E-state index in [4.69, 9.17) is 0 Å². The number of aromatic nitrogens is 3. The Kier molecular flexibility index (Phi) is 5.48. The smallest absolute Gasteiger partial charge is 0.234 e. The number of fused-ring (bicyclic) bond motifs is 1. The van der Waals surface area contributed by atoms with Crippen LogP contribution in [0.3, 0.4) is 0 Å². The molecule has 1 aliphatic heterocycles. The van der Waals surface area contributed by atoms with Gasteiger partial charge in [-0.3, -0.25) is 14.2 Å². The summed E-state index contributed by atoms with van der Waals surface area (Å²) in [4.78, 5) is 25.5. The van der Waals surface area contributed by atoms with Crippen LogP contribution < -0.4 is 15.5 Å². The van der Waals surface area contributed by atoms with Gasteiger partial charge in [0.2, 0.25) is 17.8 Å². The lowest BCUT2D eigenvalue weighted by atomic mass is 10.3. The van der Waals surface area contributed by atoms with Gasteiger partial charge in [-0.1, -0.05) is 30.0 Å². The summed E-state index contributed by atoms with van der Waals surface area (Å²) in [7, 11) is 0. The molecule has 2 heterocycles. The maximum atomic E-state index is 12.3. The van der Waals surface area contributed by atoms with Gasteiger partial charge in [0.1, 0.15) is 0 Å². The molecule has 8 nitrogen and oxygen atoms in total. The van der Waals surface area contributed by atoms with E-state index >= 15 is 0 Å². The zero-order chi connectivity index (χ0) is 20.2. The lowest BCUT2D eigenvalue weighted by Crippen LogP contribution is -2.15. The van der Waals surface area contributed by atoms with Gasteiger partial charge in [-0.05, 0) is 36.4 Å². The number of benzene rings is 2. The van der Waals surface area contributed by atoms with Gasteiger partial charge in [-0.15, -0.1) is 10.2 Å². The molecule has 3 aromatic rings. The predicted octanol–water partition coefficient (Wildman–Crippen LogP) is 3.12. The fraction of sp³-hybridized carbons (Fsp3) is 0.200. The van der Waals surface area contributed by atoms with Crippen molar-refractivity contribution in [3.63, 3.8) is 0 Å². The molecule has 9 heteroatoms. The quantitative estimate of drug-likeness (QED) is 0.609. The largest absolute Gasteiger partial charge is 0.326 e. The number of carbonyl (C=O) groups excluding carboxylic acids is 2. The van der Waals surface area contributed by atoms with Crippen molar-refractivity contribution in [3.8, 4) is 0 Å². The zero-order valence-electron chi connectivity index (χ0n) is 15.8. The van der Waals surface area contributed by atoms with Crippen LogP contribution in [-0.4, -0.2) is 38.9 Å². The van der Waals surface area contributed by atoms with Crippen LogP contribution in [0.15, 0.2) is 59.8 Å². The number of hydrogen-bond acceptors (Lipinski definition) is 6. The highest BCUT2D eigenvalue weighted by Crippen LogP contribution is 2.31. The van der Waals surface area contributed by atoms with Crippen LogP contribution >= 0.6 is 11.8 Å². The van der Waals surface area contributed by atoms with Gasteiger partial charge >= 0.3 is 0 Å². The average molecular weight is 408 g/mol. The number of carbonyl (C=O) groups is 2. The van der Waals surface area contributed by atoms with E-state index in [1.54, 1.807) is 24.3 Å². The molecule has 0 saturated carbocycles. The van der Waals surface area contributed by atoms with E-state index < -0.39 is 0 Å². The normalized spacial score (nSPS) is 12.5. The molecule has 2 N–H and O–H groups in total. The van der Waals surface area contributed by atoms with Crippen LogP contribution in [-0.2, 0) is 16.1 Å². The maximum absolute atomic E-state index is 12.3. The van der Waals surface area contributed by atoms with E-state index in [1.807, 2.05) is 34.9 Å². The molecule has 0 saturated heterocycles. The standard InChI is InChI=1S/C20H20N6O2S/c1-14(27)21-15-7-9-16(10-8-15)22-18(28)13-29-20-24-23-19-25(11-12-26(19)20)17-5-3-2-4-6-17/h2-10H,11-13H2,1H3,(H,21,27)(H,22,28). The third-order valence-corrected chi connectivity index (χ3v) is 5.34. The molecule has 2 amide bonds. The topological polar surface area (TPSA) is 92.1 Å².